The quantitative estimate of drug-likeness (QED) is 0.512. The molecule has 7 nitrogen and oxygen atoms in total. The topological polar surface area (TPSA) is 106 Å². The highest BCUT2D eigenvalue weighted by Crippen LogP contribution is 2.33. The molecule has 28 heavy (non-hydrogen) atoms. The summed E-state index contributed by atoms with van der Waals surface area (Å²) in [7, 11) is 0. The lowest BCUT2D eigenvalue weighted by Gasteiger charge is -2.11. The first-order chi connectivity index (χ1) is 13.5. The highest BCUT2D eigenvalue weighted by Gasteiger charge is 2.29. The molecule has 0 saturated heterocycles. The van der Waals surface area contributed by atoms with E-state index in [1.807, 2.05) is 31.2 Å². The lowest BCUT2D eigenvalue weighted by Crippen LogP contribution is -2.26. The number of nitrogens with zero attached hydrogens (tertiary/aromatic N) is 3. The van der Waals surface area contributed by atoms with E-state index < -0.39 is 0 Å². The molecule has 2 aromatic carbocycles. The lowest BCUT2D eigenvalue weighted by molar-refractivity contribution is 0.0953. The zero-order valence-electron chi connectivity index (χ0n) is 15.3. The number of carbonyl (C=O) groups excluding carboxylic acids is 1. The number of amides is 1. The van der Waals surface area contributed by atoms with Crippen molar-refractivity contribution in [3.05, 3.63) is 53.6 Å². The minimum Gasteiger partial charge on any atom is -0.508 e. The van der Waals surface area contributed by atoms with Crippen LogP contribution in [0.3, 0.4) is 0 Å². The summed E-state index contributed by atoms with van der Waals surface area (Å²) in [5.41, 5.74) is 10.7. The molecule has 1 saturated carbocycles. The maximum absolute atomic E-state index is 12.9. The number of anilines is 1. The first-order valence-electron chi connectivity index (χ1n) is 9.20. The SMILES string of the molecule is Cc1ccc(O)cc1-n1c(N)c(C(=O)NC2CC2)c2nc3ccccc3nc21. The number of aromatic nitrogens is 3. The van der Waals surface area contributed by atoms with E-state index in [1.165, 1.54) is 0 Å². The van der Waals surface area contributed by atoms with Gasteiger partial charge in [-0.05, 0) is 43.5 Å². The number of phenols is 1. The number of phenolic OH excluding ortho intramolecular Hbond substituents is 1. The van der Waals surface area contributed by atoms with Crippen LogP contribution in [0.5, 0.6) is 5.75 Å². The molecule has 5 rings (SSSR count). The third-order valence-corrected chi connectivity index (χ3v) is 5.07. The van der Waals surface area contributed by atoms with Gasteiger partial charge in [-0.15, -0.1) is 0 Å². The third-order valence-electron chi connectivity index (χ3n) is 5.07. The highest BCUT2D eigenvalue weighted by atomic mass is 16.3. The van der Waals surface area contributed by atoms with Gasteiger partial charge >= 0.3 is 0 Å². The second kappa shape index (κ2) is 5.95. The summed E-state index contributed by atoms with van der Waals surface area (Å²) in [6.45, 7) is 1.92. The molecule has 4 N–H and O–H groups in total. The molecule has 1 fully saturated rings. The second-order valence-corrected chi connectivity index (χ2v) is 7.20. The van der Waals surface area contributed by atoms with Gasteiger partial charge in [0, 0.05) is 12.1 Å². The van der Waals surface area contributed by atoms with Crippen LogP contribution in [0.25, 0.3) is 27.9 Å². The Morgan fingerprint density at radius 2 is 1.89 bits per heavy atom. The Hall–Kier alpha value is -3.61. The van der Waals surface area contributed by atoms with Crippen LogP contribution >= 0.6 is 0 Å². The molecule has 4 aromatic rings. The molecule has 2 heterocycles. The van der Waals surface area contributed by atoms with Crippen molar-refractivity contribution in [1.82, 2.24) is 19.9 Å². The fraction of sp³-hybridized carbons (Fsp3) is 0.190. The fourth-order valence-electron chi connectivity index (χ4n) is 3.45. The largest absolute Gasteiger partial charge is 0.508 e. The molecule has 1 amide bonds. The second-order valence-electron chi connectivity index (χ2n) is 7.20. The number of aryl methyl sites for hydroxylation is 1. The van der Waals surface area contributed by atoms with E-state index in [0.717, 1.165) is 18.4 Å². The number of nitrogen functional groups attached to an aromatic ring is 1. The number of nitrogens with one attached hydrogen (secondary N) is 1. The van der Waals surface area contributed by atoms with E-state index in [4.69, 9.17) is 15.7 Å². The van der Waals surface area contributed by atoms with Crippen LogP contribution in [-0.4, -0.2) is 31.6 Å². The summed E-state index contributed by atoms with van der Waals surface area (Å²) in [5, 5.41) is 13.0. The summed E-state index contributed by atoms with van der Waals surface area (Å²) in [4.78, 5) is 22.4. The monoisotopic (exact) mass is 373 g/mol. The summed E-state index contributed by atoms with van der Waals surface area (Å²) in [6.07, 6.45) is 1.95. The number of nitrogens with two attached hydrogens (primary N) is 1. The van der Waals surface area contributed by atoms with E-state index in [9.17, 15) is 9.90 Å². The van der Waals surface area contributed by atoms with E-state index in [1.54, 1.807) is 22.8 Å². The van der Waals surface area contributed by atoms with E-state index in [-0.39, 0.29) is 23.5 Å². The van der Waals surface area contributed by atoms with Crippen molar-refractivity contribution in [1.29, 1.82) is 0 Å². The van der Waals surface area contributed by atoms with E-state index >= 15 is 0 Å². The van der Waals surface area contributed by atoms with Crippen molar-refractivity contribution in [2.24, 2.45) is 0 Å². The number of hydrogen-bond acceptors (Lipinski definition) is 5. The highest BCUT2D eigenvalue weighted by molar-refractivity contribution is 6.11. The summed E-state index contributed by atoms with van der Waals surface area (Å²) in [6, 6.07) is 12.7. The molecule has 2 aromatic heterocycles. The van der Waals surface area contributed by atoms with Crippen LogP contribution < -0.4 is 11.1 Å². The number of benzene rings is 2. The van der Waals surface area contributed by atoms with Gasteiger partial charge in [0.2, 0.25) is 0 Å². The van der Waals surface area contributed by atoms with Crippen molar-refractivity contribution >= 4 is 33.9 Å². The zero-order chi connectivity index (χ0) is 19.4. The number of carbonyl (C=O) groups is 1. The van der Waals surface area contributed by atoms with Crippen molar-refractivity contribution in [3.8, 4) is 11.4 Å². The minimum atomic E-state index is -0.244. The van der Waals surface area contributed by atoms with Crippen LogP contribution in [0, 0.1) is 6.92 Å². The maximum Gasteiger partial charge on any atom is 0.257 e. The molecule has 1 aliphatic rings. The molecule has 0 spiro atoms. The van der Waals surface area contributed by atoms with Gasteiger partial charge in [-0.2, -0.15) is 0 Å². The molecular formula is C21H19N5O2. The Labute approximate surface area is 160 Å². The van der Waals surface area contributed by atoms with Gasteiger partial charge in [-0.25, -0.2) is 9.97 Å². The molecule has 0 unspecified atom stereocenters. The molecular weight excluding hydrogens is 354 g/mol. The summed E-state index contributed by atoms with van der Waals surface area (Å²) in [5.74, 6) is 0.128. The third kappa shape index (κ3) is 2.55. The molecule has 7 heteroatoms. The fourth-order valence-corrected chi connectivity index (χ4v) is 3.45. The number of rotatable bonds is 3. The van der Waals surface area contributed by atoms with Crippen molar-refractivity contribution in [3.63, 3.8) is 0 Å². The number of para-hydroxylation sites is 2. The van der Waals surface area contributed by atoms with E-state index in [0.29, 0.717) is 33.4 Å². The maximum atomic E-state index is 12.9. The van der Waals surface area contributed by atoms with Crippen LogP contribution in [0.4, 0.5) is 5.82 Å². The number of hydrogen-bond donors (Lipinski definition) is 3. The summed E-state index contributed by atoms with van der Waals surface area (Å²) >= 11 is 0. The Bertz CT molecular complexity index is 1260. The standard InChI is InChI=1S/C21H19N5O2/c1-11-6-9-13(27)10-16(11)26-19(22)17(21(28)23-12-7-8-12)18-20(26)25-15-5-3-2-4-14(15)24-18/h2-6,9-10,12,27H,7-8,22H2,1H3,(H,23,28). The Morgan fingerprint density at radius 3 is 2.61 bits per heavy atom. The normalized spacial score (nSPS) is 13.9. The molecule has 140 valence electrons. The van der Waals surface area contributed by atoms with Gasteiger partial charge in [-0.1, -0.05) is 18.2 Å². The first-order valence-corrected chi connectivity index (χ1v) is 9.20. The van der Waals surface area contributed by atoms with Gasteiger partial charge in [0.05, 0.1) is 16.7 Å². The average molecular weight is 373 g/mol. The predicted molar refractivity (Wildman–Crippen MR) is 108 cm³/mol. The first kappa shape index (κ1) is 16.6. The Morgan fingerprint density at radius 1 is 1.18 bits per heavy atom. The molecule has 0 atom stereocenters. The Balaban J connectivity index is 1.85. The van der Waals surface area contributed by atoms with Crippen LogP contribution in [0.2, 0.25) is 0 Å². The minimum absolute atomic E-state index is 0.111. The van der Waals surface area contributed by atoms with Crippen LogP contribution in [0.1, 0.15) is 28.8 Å². The van der Waals surface area contributed by atoms with Crippen molar-refractivity contribution < 1.29 is 9.90 Å². The van der Waals surface area contributed by atoms with Gasteiger partial charge in [0.15, 0.2) is 5.65 Å². The van der Waals surface area contributed by atoms with Gasteiger partial charge in [0.1, 0.15) is 22.6 Å². The van der Waals surface area contributed by atoms with Gasteiger partial charge in [0.25, 0.3) is 5.91 Å². The smallest absolute Gasteiger partial charge is 0.257 e. The van der Waals surface area contributed by atoms with Crippen LogP contribution in [-0.2, 0) is 0 Å². The molecule has 1 aliphatic carbocycles. The lowest BCUT2D eigenvalue weighted by atomic mass is 10.2. The van der Waals surface area contributed by atoms with E-state index in [2.05, 4.69) is 5.32 Å². The molecule has 0 radical (unpaired) electrons. The predicted octanol–water partition coefficient (Wildman–Crippen LogP) is 3.06. The Kier molecular flexibility index (Phi) is 3.52. The molecule has 0 bridgehead atoms. The van der Waals surface area contributed by atoms with Crippen LogP contribution in [0.15, 0.2) is 42.5 Å². The zero-order valence-corrected chi connectivity index (χ0v) is 15.3. The number of aromatic hydroxyl groups is 1. The van der Waals surface area contributed by atoms with Gasteiger partial charge in [-0.3, -0.25) is 9.36 Å². The summed E-state index contributed by atoms with van der Waals surface area (Å²) < 4.78 is 1.70. The van der Waals surface area contributed by atoms with Crippen molar-refractivity contribution in [2.45, 2.75) is 25.8 Å². The molecule has 0 aliphatic heterocycles. The average Bonchev–Trinajstić information content (AvgIpc) is 3.44. The number of fused-ring (bicyclic) bond motifs is 2. The van der Waals surface area contributed by atoms with Crippen molar-refractivity contribution in [2.75, 3.05) is 5.73 Å². The van der Waals surface area contributed by atoms with Gasteiger partial charge < -0.3 is 16.2 Å².